The number of hydrogen-bond acceptors (Lipinski definition) is 6. The fourth-order valence-corrected chi connectivity index (χ4v) is 2.57. The van der Waals surface area contributed by atoms with Crippen molar-refractivity contribution < 1.29 is 13.7 Å². The summed E-state index contributed by atoms with van der Waals surface area (Å²) in [6.07, 6.45) is 6.35. The van der Waals surface area contributed by atoms with Crippen LogP contribution in [0.3, 0.4) is 0 Å². The Bertz CT molecular complexity index is 1120. The van der Waals surface area contributed by atoms with Crippen LogP contribution in [-0.4, -0.2) is 30.6 Å². The standard InChI is InChI=1S/C19H15FN6O2/c1-12-4-5-15(14(20)7-12)23-17(27)10-26-9-16(22-11-26)18-24-19(28-25-18)13-3-2-6-21-8-13/h2-9,11H,10H2,1H3,(H,23,27). The molecule has 140 valence electrons. The van der Waals surface area contributed by atoms with E-state index < -0.39 is 5.82 Å². The van der Waals surface area contributed by atoms with Crippen LogP contribution in [0.2, 0.25) is 0 Å². The SMILES string of the molecule is Cc1ccc(NC(=O)Cn2cnc(-c3noc(-c4cccnc4)n3)c2)c(F)c1. The van der Waals surface area contributed by atoms with E-state index in [4.69, 9.17) is 4.52 Å². The Morgan fingerprint density at radius 1 is 1.32 bits per heavy atom. The fourth-order valence-electron chi connectivity index (χ4n) is 2.57. The van der Waals surface area contributed by atoms with Gasteiger partial charge in [-0.05, 0) is 36.8 Å². The number of imidazole rings is 1. The lowest BCUT2D eigenvalue weighted by molar-refractivity contribution is -0.116. The maximum absolute atomic E-state index is 13.9. The Morgan fingerprint density at radius 3 is 3.00 bits per heavy atom. The number of hydrogen-bond donors (Lipinski definition) is 1. The van der Waals surface area contributed by atoms with Gasteiger partial charge in [0.15, 0.2) is 0 Å². The molecule has 0 saturated heterocycles. The van der Waals surface area contributed by atoms with Gasteiger partial charge >= 0.3 is 0 Å². The minimum absolute atomic E-state index is 0.0341. The zero-order chi connectivity index (χ0) is 19.5. The molecule has 0 atom stereocenters. The van der Waals surface area contributed by atoms with Crippen LogP contribution >= 0.6 is 0 Å². The zero-order valence-corrected chi connectivity index (χ0v) is 14.8. The third-order valence-corrected chi connectivity index (χ3v) is 3.92. The molecule has 0 bridgehead atoms. The molecule has 0 aliphatic rings. The van der Waals surface area contributed by atoms with Crippen molar-refractivity contribution in [1.29, 1.82) is 0 Å². The minimum atomic E-state index is -0.477. The molecule has 8 nitrogen and oxygen atoms in total. The van der Waals surface area contributed by atoms with E-state index in [1.54, 1.807) is 48.3 Å². The van der Waals surface area contributed by atoms with Gasteiger partial charge in [0.25, 0.3) is 5.89 Å². The minimum Gasteiger partial charge on any atom is -0.333 e. The average molecular weight is 378 g/mol. The second kappa shape index (κ2) is 7.39. The third kappa shape index (κ3) is 3.78. The van der Waals surface area contributed by atoms with Gasteiger partial charge in [-0.1, -0.05) is 11.2 Å². The average Bonchev–Trinajstić information content (AvgIpc) is 3.34. The van der Waals surface area contributed by atoms with Crippen molar-refractivity contribution >= 4 is 11.6 Å². The largest absolute Gasteiger partial charge is 0.333 e. The molecule has 0 saturated carbocycles. The lowest BCUT2D eigenvalue weighted by atomic mass is 10.2. The van der Waals surface area contributed by atoms with Crippen LogP contribution in [0.25, 0.3) is 23.0 Å². The first-order valence-electron chi connectivity index (χ1n) is 8.41. The smallest absolute Gasteiger partial charge is 0.259 e. The summed E-state index contributed by atoms with van der Waals surface area (Å²) in [4.78, 5) is 24.7. The molecule has 0 spiro atoms. The normalized spacial score (nSPS) is 10.8. The maximum Gasteiger partial charge on any atom is 0.259 e. The number of anilines is 1. The molecule has 1 N–H and O–H groups in total. The molecule has 0 fully saturated rings. The molecule has 0 aliphatic heterocycles. The highest BCUT2D eigenvalue weighted by Gasteiger charge is 2.14. The van der Waals surface area contributed by atoms with Gasteiger partial charge in [-0.2, -0.15) is 4.98 Å². The molecule has 3 aromatic heterocycles. The van der Waals surface area contributed by atoms with Crippen molar-refractivity contribution in [3.63, 3.8) is 0 Å². The van der Waals surface area contributed by atoms with E-state index in [2.05, 4.69) is 25.4 Å². The van der Waals surface area contributed by atoms with Crippen molar-refractivity contribution in [3.05, 3.63) is 66.6 Å². The topological polar surface area (TPSA) is 98.7 Å². The number of carbonyl (C=O) groups is 1. The number of aromatic nitrogens is 5. The number of carbonyl (C=O) groups excluding carboxylic acids is 1. The van der Waals surface area contributed by atoms with E-state index >= 15 is 0 Å². The summed E-state index contributed by atoms with van der Waals surface area (Å²) in [7, 11) is 0. The highest BCUT2D eigenvalue weighted by atomic mass is 19.1. The van der Waals surface area contributed by atoms with Crippen LogP contribution < -0.4 is 5.32 Å². The molecule has 28 heavy (non-hydrogen) atoms. The number of amides is 1. The van der Waals surface area contributed by atoms with Crippen molar-refractivity contribution in [2.45, 2.75) is 13.5 Å². The summed E-state index contributed by atoms with van der Waals surface area (Å²) < 4.78 is 20.6. The highest BCUT2D eigenvalue weighted by Crippen LogP contribution is 2.20. The summed E-state index contributed by atoms with van der Waals surface area (Å²) in [5, 5.41) is 6.44. The third-order valence-electron chi connectivity index (χ3n) is 3.92. The predicted octanol–water partition coefficient (Wildman–Crippen LogP) is 3.08. The molecule has 4 aromatic rings. The van der Waals surface area contributed by atoms with Crippen LogP contribution in [0, 0.1) is 12.7 Å². The van der Waals surface area contributed by atoms with Gasteiger partial charge in [-0.3, -0.25) is 9.78 Å². The van der Waals surface area contributed by atoms with Crippen LogP contribution in [0.5, 0.6) is 0 Å². The van der Waals surface area contributed by atoms with Crippen molar-refractivity contribution in [2.24, 2.45) is 0 Å². The van der Waals surface area contributed by atoms with Gasteiger partial charge in [0.2, 0.25) is 11.7 Å². The van der Waals surface area contributed by atoms with Gasteiger partial charge in [0.1, 0.15) is 18.1 Å². The number of nitrogens with one attached hydrogen (secondary N) is 1. The Balaban J connectivity index is 1.44. The van der Waals surface area contributed by atoms with E-state index in [0.717, 1.165) is 5.56 Å². The van der Waals surface area contributed by atoms with Gasteiger partial charge < -0.3 is 14.4 Å². The second-order valence-electron chi connectivity index (χ2n) is 6.13. The van der Waals surface area contributed by atoms with Crippen LogP contribution in [-0.2, 0) is 11.3 Å². The first-order chi connectivity index (χ1) is 13.6. The number of nitrogens with zero attached hydrogens (tertiary/aromatic N) is 5. The summed E-state index contributed by atoms with van der Waals surface area (Å²) in [6.45, 7) is 1.74. The predicted molar refractivity (Wildman–Crippen MR) is 98.5 cm³/mol. The Morgan fingerprint density at radius 2 is 2.21 bits per heavy atom. The van der Waals surface area contributed by atoms with Crippen LogP contribution in [0.15, 0.2) is 59.8 Å². The quantitative estimate of drug-likeness (QED) is 0.573. The summed E-state index contributed by atoms with van der Waals surface area (Å²) in [6, 6.07) is 8.19. The molecule has 1 aromatic carbocycles. The summed E-state index contributed by atoms with van der Waals surface area (Å²) in [5.74, 6) is -0.238. The molecule has 0 aliphatic carbocycles. The van der Waals surface area contributed by atoms with Gasteiger partial charge in [0.05, 0.1) is 17.6 Å². The first kappa shape index (κ1) is 17.5. The summed E-state index contributed by atoms with van der Waals surface area (Å²) >= 11 is 0. The van der Waals surface area contributed by atoms with Crippen molar-refractivity contribution in [1.82, 2.24) is 24.7 Å². The van der Waals surface area contributed by atoms with Gasteiger partial charge in [0, 0.05) is 18.6 Å². The number of rotatable bonds is 5. The van der Waals surface area contributed by atoms with E-state index in [0.29, 0.717) is 23.0 Å². The molecular weight excluding hydrogens is 363 g/mol. The molecule has 0 unspecified atom stereocenters. The fraction of sp³-hybridized carbons (Fsp3) is 0.105. The van der Waals surface area contributed by atoms with E-state index in [1.807, 2.05) is 0 Å². The second-order valence-corrected chi connectivity index (χ2v) is 6.13. The molecule has 3 heterocycles. The molecule has 9 heteroatoms. The molecule has 1 amide bonds. The first-order valence-corrected chi connectivity index (χ1v) is 8.41. The van der Waals surface area contributed by atoms with Crippen molar-refractivity contribution in [3.8, 4) is 23.0 Å². The Kier molecular flexibility index (Phi) is 4.63. The Hall–Kier alpha value is -3.88. The van der Waals surface area contributed by atoms with E-state index in [-0.39, 0.29) is 18.1 Å². The number of halogens is 1. The maximum atomic E-state index is 13.9. The van der Waals surface area contributed by atoms with E-state index in [9.17, 15) is 9.18 Å². The number of aryl methyl sites for hydroxylation is 1. The molecule has 0 radical (unpaired) electrons. The molecular formula is C19H15FN6O2. The monoisotopic (exact) mass is 378 g/mol. The number of pyridine rings is 1. The van der Waals surface area contributed by atoms with Gasteiger partial charge in [-0.25, -0.2) is 9.37 Å². The van der Waals surface area contributed by atoms with Crippen molar-refractivity contribution in [2.75, 3.05) is 5.32 Å². The summed E-state index contributed by atoms with van der Waals surface area (Å²) in [5.41, 5.74) is 2.06. The lowest BCUT2D eigenvalue weighted by Crippen LogP contribution is -2.18. The highest BCUT2D eigenvalue weighted by molar-refractivity contribution is 5.90. The Labute approximate surface area is 159 Å². The lowest BCUT2D eigenvalue weighted by Gasteiger charge is -2.07. The zero-order valence-electron chi connectivity index (χ0n) is 14.8. The van der Waals surface area contributed by atoms with Gasteiger partial charge in [-0.15, -0.1) is 0 Å². The molecule has 4 rings (SSSR count). The van der Waals surface area contributed by atoms with E-state index in [1.165, 1.54) is 18.5 Å². The number of benzene rings is 1. The van der Waals surface area contributed by atoms with Crippen LogP contribution in [0.1, 0.15) is 5.56 Å². The van der Waals surface area contributed by atoms with Crippen LogP contribution in [0.4, 0.5) is 10.1 Å².